The molecule has 5 aromatic carbocycles. The maximum Gasteiger partial charge on any atom is 0.205 e. The Morgan fingerprint density at radius 1 is 0.722 bits per heavy atom. The van der Waals surface area contributed by atoms with Crippen LogP contribution in [0.1, 0.15) is 46.8 Å². The molecule has 54 heavy (non-hydrogen) atoms. The first kappa shape index (κ1) is 32.7. The summed E-state index contributed by atoms with van der Waals surface area (Å²) < 4.78 is 9.66. The van der Waals surface area contributed by atoms with Gasteiger partial charge in [-0.3, -0.25) is 0 Å². The molecule has 1 aliphatic carbocycles. The molecule has 0 radical (unpaired) electrons. The Morgan fingerprint density at radius 2 is 1.35 bits per heavy atom. The van der Waals surface area contributed by atoms with Gasteiger partial charge in [0, 0.05) is 22.4 Å². The minimum Gasteiger partial charge on any atom is -0.455 e. The third kappa shape index (κ3) is 5.46. The molecule has 1 aliphatic rings. The van der Waals surface area contributed by atoms with Gasteiger partial charge in [-0.2, -0.15) is 0 Å². The molecule has 9 aromatic rings. The van der Waals surface area contributed by atoms with Gasteiger partial charge in [-0.05, 0) is 80.5 Å². The van der Waals surface area contributed by atoms with Crippen LogP contribution in [0.5, 0.6) is 0 Å². The van der Waals surface area contributed by atoms with Crippen molar-refractivity contribution in [3.8, 4) is 22.7 Å². The number of pyridine rings is 1. The number of halogens is 2. The number of benzene rings is 5. The van der Waals surface area contributed by atoms with E-state index in [-0.39, 0.29) is 0 Å². The van der Waals surface area contributed by atoms with Gasteiger partial charge in [0.1, 0.15) is 27.8 Å². The molecule has 262 valence electrons. The first-order valence-electron chi connectivity index (χ1n) is 17.9. The summed E-state index contributed by atoms with van der Waals surface area (Å²) in [6.45, 7) is 0.619. The lowest BCUT2D eigenvalue weighted by Gasteiger charge is -2.34. The molecule has 0 spiro atoms. The molecule has 0 unspecified atom stereocenters. The van der Waals surface area contributed by atoms with Gasteiger partial charge in [0.15, 0.2) is 11.2 Å². The second-order valence-electron chi connectivity index (χ2n) is 13.6. The van der Waals surface area contributed by atoms with Gasteiger partial charge in [0.2, 0.25) is 5.82 Å². The lowest BCUT2D eigenvalue weighted by atomic mass is 9.77. The summed E-state index contributed by atoms with van der Waals surface area (Å²) in [7, 11) is 0. The molecule has 0 bridgehead atoms. The molecule has 10 heteroatoms. The van der Waals surface area contributed by atoms with E-state index in [9.17, 15) is 0 Å². The summed E-state index contributed by atoms with van der Waals surface area (Å²) in [4.78, 5) is 11.3. The largest absolute Gasteiger partial charge is 0.455 e. The molecule has 0 amide bonds. The van der Waals surface area contributed by atoms with Crippen molar-refractivity contribution in [1.29, 1.82) is 0 Å². The highest BCUT2D eigenvalue weighted by molar-refractivity contribution is 9.10. The average molecular weight is 789 g/mol. The number of hydrogen-bond acceptors (Lipinski definition) is 6. The predicted molar refractivity (Wildman–Crippen MR) is 214 cm³/mol. The van der Waals surface area contributed by atoms with E-state index in [4.69, 9.17) is 36.4 Å². The predicted octanol–water partition coefficient (Wildman–Crippen LogP) is 10.7. The molecule has 4 heterocycles. The fourth-order valence-corrected chi connectivity index (χ4v) is 8.35. The van der Waals surface area contributed by atoms with Crippen molar-refractivity contribution in [1.82, 2.24) is 34.7 Å². The van der Waals surface area contributed by atoms with Gasteiger partial charge in [-0.1, -0.05) is 133 Å². The van der Waals surface area contributed by atoms with Crippen LogP contribution in [-0.4, -0.2) is 34.7 Å². The lowest BCUT2D eigenvalue weighted by Crippen LogP contribution is -2.39. The third-order valence-corrected chi connectivity index (χ3v) is 11.3. The van der Waals surface area contributed by atoms with Crippen LogP contribution in [0.2, 0.25) is 5.15 Å². The lowest BCUT2D eigenvalue weighted by molar-refractivity contribution is 0.396. The molecule has 10 rings (SSSR count). The van der Waals surface area contributed by atoms with Crippen LogP contribution in [0.3, 0.4) is 0 Å². The second-order valence-corrected chi connectivity index (χ2v) is 14.8. The number of hydrogen-bond donors (Lipinski definition) is 0. The van der Waals surface area contributed by atoms with E-state index in [1.54, 1.807) is 10.9 Å². The zero-order chi connectivity index (χ0) is 36.2. The van der Waals surface area contributed by atoms with E-state index in [0.717, 1.165) is 78.7 Å². The summed E-state index contributed by atoms with van der Waals surface area (Å²) in [5, 5.41) is 16.1. The quantitative estimate of drug-likeness (QED) is 0.107. The number of imidazole rings is 1. The number of rotatable bonds is 9. The van der Waals surface area contributed by atoms with Gasteiger partial charge < -0.3 is 8.98 Å². The van der Waals surface area contributed by atoms with Crippen molar-refractivity contribution in [3.63, 3.8) is 0 Å². The molecule has 0 atom stereocenters. The average Bonchev–Trinajstić information content (AvgIpc) is 3.71. The summed E-state index contributed by atoms with van der Waals surface area (Å²) in [5.41, 5.74) is 7.35. The standard InChI is InChI=1S/C44H31BrClN7O/c45-39-35-26-28(27-52-42(29-21-22-29)47-36-23-25-38(46)48-43(36)52)20-24-37(35)54-40(39)33-18-10-11-19-34(33)41-49-51-53(50-41)44(30-12-4-1-5-13-30,31-14-6-2-7-15-31)32-16-8-3-9-17-32/h1-20,23-26,29H,21-22,27H2. The van der Waals surface area contributed by atoms with E-state index in [2.05, 4.69) is 74.0 Å². The zero-order valence-corrected chi connectivity index (χ0v) is 31.2. The highest BCUT2D eigenvalue weighted by atomic mass is 79.9. The summed E-state index contributed by atoms with van der Waals surface area (Å²) >= 11 is 10.3. The van der Waals surface area contributed by atoms with E-state index >= 15 is 0 Å². The number of fused-ring (bicyclic) bond motifs is 2. The number of furan rings is 1. The Hall–Kier alpha value is -5.90. The Labute approximate surface area is 324 Å². The molecule has 0 saturated heterocycles. The third-order valence-electron chi connectivity index (χ3n) is 10.3. The van der Waals surface area contributed by atoms with Crippen LogP contribution >= 0.6 is 27.5 Å². The Bertz CT molecular complexity index is 2700. The summed E-state index contributed by atoms with van der Waals surface area (Å²) in [6.07, 6.45) is 2.28. The van der Waals surface area contributed by atoms with Gasteiger partial charge in [-0.25, -0.2) is 9.97 Å². The first-order valence-corrected chi connectivity index (χ1v) is 19.1. The van der Waals surface area contributed by atoms with E-state index in [0.29, 0.717) is 29.2 Å². The number of tetrazole rings is 1. The maximum absolute atomic E-state index is 6.60. The normalized spacial score (nSPS) is 13.2. The molecule has 1 fully saturated rings. The zero-order valence-electron chi connectivity index (χ0n) is 28.8. The molecular weight excluding hydrogens is 758 g/mol. The van der Waals surface area contributed by atoms with Crippen molar-refractivity contribution in [2.24, 2.45) is 0 Å². The van der Waals surface area contributed by atoms with Gasteiger partial charge >= 0.3 is 0 Å². The monoisotopic (exact) mass is 787 g/mol. The summed E-state index contributed by atoms with van der Waals surface area (Å²) in [5.74, 6) is 2.69. The molecule has 8 nitrogen and oxygen atoms in total. The number of aromatic nitrogens is 7. The van der Waals surface area contributed by atoms with Crippen LogP contribution in [0.25, 0.3) is 44.8 Å². The van der Waals surface area contributed by atoms with Crippen LogP contribution in [0.15, 0.2) is 154 Å². The van der Waals surface area contributed by atoms with E-state index < -0.39 is 5.54 Å². The van der Waals surface area contributed by atoms with Crippen LogP contribution < -0.4 is 0 Å². The minimum absolute atomic E-state index is 0.454. The summed E-state index contributed by atoms with van der Waals surface area (Å²) in [6, 6.07) is 49.1. The molecule has 4 aromatic heterocycles. The van der Waals surface area contributed by atoms with Crippen molar-refractivity contribution in [3.05, 3.63) is 183 Å². The van der Waals surface area contributed by atoms with E-state index in [1.807, 2.05) is 91.0 Å². The fourth-order valence-electron chi connectivity index (χ4n) is 7.60. The van der Waals surface area contributed by atoms with Crippen molar-refractivity contribution in [2.75, 3.05) is 0 Å². The highest BCUT2D eigenvalue weighted by Crippen LogP contribution is 2.44. The van der Waals surface area contributed by atoms with Gasteiger partial charge in [0.05, 0.1) is 11.0 Å². The fraction of sp³-hybridized carbons (Fsp3) is 0.114. The van der Waals surface area contributed by atoms with Crippen molar-refractivity contribution < 1.29 is 4.42 Å². The number of nitrogens with zero attached hydrogens (tertiary/aromatic N) is 7. The topological polar surface area (TPSA) is 87.5 Å². The second kappa shape index (κ2) is 13.2. The molecule has 0 aliphatic heterocycles. The van der Waals surface area contributed by atoms with Crippen molar-refractivity contribution in [2.45, 2.75) is 30.8 Å². The van der Waals surface area contributed by atoms with Crippen LogP contribution in [-0.2, 0) is 12.1 Å². The Kier molecular flexibility index (Phi) is 8.00. The maximum atomic E-state index is 6.60. The van der Waals surface area contributed by atoms with Crippen LogP contribution in [0.4, 0.5) is 0 Å². The van der Waals surface area contributed by atoms with Gasteiger partial charge in [-0.15, -0.1) is 15.0 Å². The van der Waals surface area contributed by atoms with Crippen molar-refractivity contribution >= 4 is 49.7 Å². The van der Waals surface area contributed by atoms with Crippen LogP contribution in [0, 0.1) is 0 Å². The Morgan fingerprint density at radius 3 is 2.00 bits per heavy atom. The first-order chi connectivity index (χ1) is 26.6. The Balaban J connectivity index is 1.07. The SMILES string of the molecule is Clc1ccc2nc(C3CC3)n(Cc3ccc4oc(-c5ccccc5-c5nnn(C(c6ccccc6)(c6ccccc6)c6ccccc6)n5)c(Br)c4c3)c2n1. The smallest absolute Gasteiger partial charge is 0.205 e. The minimum atomic E-state index is -0.888. The van der Waals surface area contributed by atoms with Gasteiger partial charge in [0.25, 0.3) is 0 Å². The molecule has 0 N–H and O–H groups in total. The van der Waals surface area contributed by atoms with E-state index in [1.165, 1.54) is 0 Å². The molecule has 1 saturated carbocycles. The highest BCUT2D eigenvalue weighted by Gasteiger charge is 2.41. The molecular formula is C44H31BrClN7O.